The molecule has 1 aliphatic carbocycles. The number of nitrogens with zero attached hydrogens (tertiary/aromatic N) is 3. The highest BCUT2D eigenvalue weighted by Gasteiger charge is 2.27. The Morgan fingerprint density at radius 2 is 2.14 bits per heavy atom. The topological polar surface area (TPSA) is 58.9 Å². The molecule has 2 heterocycles. The van der Waals surface area contributed by atoms with Gasteiger partial charge in [-0.25, -0.2) is 9.97 Å². The van der Waals surface area contributed by atoms with Crippen LogP contribution in [0.3, 0.4) is 0 Å². The van der Waals surface area contributed by atoms with Gasteiger partial charge in [-0.05, 0) is 31.3 Å². The molecule has 0 aliphatic heterocycles. The first-order valence-corrected chi connectivity index (χ1v) is 5.36. The van der Waals surface area contributed by atoms with E-state index in [4.69, 9.17) is 0 Å². The Hall–Kier alpha value is -1.23. The third-order valence-electron chi connectivity index (χ3n) is 2.46. The first-order chi connectivity index (χ1) is 6.75. The lowest BCUT2D eigenvalue weighted by Crippen LogP contribution is -1.94. The fourth-order valence-corrected chi connectivity index (χ4v) is 2.28. The van der Waals surface area contributed by atoms with Crippen LogP contribution in [-0.2, 0) is 0 Å². The van der Waals surface area contributed by atoms with Gasteiger partial charge in [-0.15, -0.1) is 0 Å². The van der Waals surface area contributed by atoms with Crippen molar-refractivity contribution in [1.82, 2.24) is 14.3 Å². The van der Waals surface area contributed by atoms with Crippen molar-refractivity contribution in [2.45, 2.75) is 25.7 Å². The fourth-order valence-electron chi connectivity index (χ4n) is 1.55. The summed E-state index contributed by atoms with van der Waals surface area (Å²) in [7, 11) is 0. The van der Waals surface area contributed by atoms with E-state index in [0.29, 0.717) is 11.3 Å². The number of aromatic nitrogens is 3. The maximum atomic E-state index is 9.46. The maximum Gasteiger partial charge on any atom is 0.234 e. The van der Waals surface area contributed by atoms with Gasteiger partial charge in [0.2, 0.25) is 5.88 Å². The lowest BCUT2D eigenvalue weighted by Gasteiger charge is -1.99. The molecule has 2 aromatic rings. The molecule has 1 aliphatic rings. The van der Waals surface area contributed by atoms with Gasteiger partial charge in [-0.3, -0.25) is 0 Å². The minimum Gasteiger partial charge on any atom is -0.492 e. The van der Waals surface area contributed by atoms with Crippen molar-refractivity contribution in [3.63, 3.8) is 0 Å². The monoisotopic (exact) mass is 207 g/mol. The molecule has 1 N–H and O–H groups in total. The molecule has 72 valence electrons. The van der Waals surface area contributed by atoms with E-state index in [1.807, 2.05) is 6.92 Å². The van der Waals surface area contributed by atoms with Crippen molar-refractivity contribution in [3.8, 4) is 5.88 Å². The van der Waals surface area contributed by atoms with E-state index in [0.717, 1.165) is 16.3 Å². The van der Waals surface area contributed by atoms with Crippen LogP contribution in [0, 0.1) is 6.92 Å². The molecule has 5 heteroatoms. The van der Waals surface area contributed by atoms with Crippen LogP contribution in [0.1, 0.15) is 30.3 Å². The smallest absolute Gasteiger partial charge is 0.234 e. The molecule has 0 atom stereocenters. The van der Waals surface area contributed by atoms with Crippen molar-refractivity contribution >= 4 is 21.7 Å². The molecule has 0 bridgehead atoms. The predicted octanol–water partition coefficient (Wildman–Crippen LogP) is 1.98. The Kier molecular flexibility index (Phi) is 1.53. The summed E-state index contributed by atoms with van der Waals surface area (Å²) in [6.07, 6.45) is 2.38. The highest BCUT2D eigenvalue weighted by Crippen LogP contribution is 2.39. The standard InChI is InChI=1S/C9H9N3OS/c1-4-6-8(13)12-14-9(6)11-7(10-4)5-2-3-5/h5H,2-3H2,1H3,(H,12,13). The van der Waals surface area contributed by atoms with Crippen molar-refractivity contribution < 1.29 is 5.11 Å². The molecular formula is C9H9N3OS. The van der Waals surface area contributed by atoms with E-state index in [1.54, 1.807) is 0 Å². The maximum absolute atomic E-state index is 9.46. The van der Waals surface area contributed by atoms with Crippen molar-refractivity contribution in [1.29, 1.82) is 0 Å². The van der Waals surface area contributed by atoms with E-state index < -0.39 is 0 Å². The average molecular weight is 207 g/mol. The summed E-state index contributed by atoms with van der Waals surface area (Å²) in [4.78, 5) is 9.60. The van der Waals surface area contributed by atoms with Gasteiger partial charge in [0.05, 0.1) is 11.1 Å². The quantitative estimate of drug-likeness (QED) is 0.776. The highest BCUT2D eigenvalue weighted by molar-refractivity contribution is 7.13. The number of aromatic hydroxyl groups is 1. The molecule has 3 rings (SSSR count). The molecule has 0 aromatic carbocycles. The zero-order valence-electron chi connectivity index (χ0n) is 7.69. The van der Waals surface area contributed by atoms with Crippen LogP contribution in [0.5, 0.6) is 5.88 Å². The molecule has 0 spiro atoms. The first kappa shape index (κ1) is 8.11. The van der Waals surface area contributed by atoms with Crippen LogP contribution in [0.4, 0.5) is 0 Å². The summed E-state index contributed by atoms with van der Waals surface area (Å²) in [5.41, 5.74) is 0.836. The summed E-state index contributed by atoms with van der Waals surface area (Å²) < 4.78 is 3.87. The summed E-state index contributed by atoms with van der Waals surface area (Å²) in [5, 5.41) is 10.2. The fraction of sp³-hybridized carbons (Fsp3) is 0.444. The third kappa shape index (κ3) is 1.09. The van der Waals surface area contributed by atoms with Gasteiger partial charge in [-0.1, -0.05) is 0 Å². The summed E-state index contributed by atoms with van der Waals surface area (Å²) in [6.45, 7) is 1.89. The van der Waals surface area contributed by atoms with E-state index in [-0.39, 0.29) is 5.88 Å². The predicted molar refractivity (Wildman–Crippen MR) is 53.6 cm³/mol. The van der Waals surface area contributed by atoms with Gasteiger partial charge in [0.15, 0.2) is 4.83 Å². The second-order valence-corrected chi connectivity index (χ2v) is 4.38. The second kappa shape index (κ2) is 2.63. The molecule has 4 nitrogen and oxygen atoms in total. The van der Waals surface area contributed by atoms with E-state index in [9.17, 15) is 5.11 Å². The number of rotatable bonds is 1. The lowest BCUT2D eigenvalue weighted by molar-refractivity contribution is 0.465. The number of hydrogen-bond donors (Lipinski definition) is 1. The molecule has 1 fully saturated rings. The number of aryl methyl sites for hydroxylation is 1. The van der Waals surface area contributed by atoms with Crippen molar-refractivity contribution in [2.75, 3.05) is 0 Å². The van der Waals surface area contributed by atoms with Crippen LogP contribution in [0.25, 0.3) is 10.2 Å². The minimum atomic E-state index is 0.0600. The Morgan fingerprint density at radius 1 is 1.36 bits per heavy atom. The Bertz CT molecular complexity index is 504. The average Bonchev–Trinajstić information content (AvgIpc) is 2.92. The number of fused-ring (bicyclic) bond motifs is 1. The first-order valence-electron chi connectivity index (χ1n) is 4.58. The second-order valence-electron chi connectivity index (χ2n) is 3.63. The summed E-state index contributed by atoms with van der Waals surface area (Å²) in [5.74, 6) is 1.52. The van der Waals surface area contributed by atoms with Crippen LogP contribution < -0.4 is 0 Å². The summed E-state index contributed by atoms with van der Waals surface area (Å²) >= 11 is 1.24. The Balaban J connectivity index is 2.29. The Labute approximate surface area is 84.8 Å². The van der Waals surface area contributed by atoms with E-state index >= 15 is 0 Å². The van der Waals surface area contributed by atoms with Gasteiger partial charge in [0.25, 0.3) is 0 Å². The van der Waals surface area contributed by atoms with Crippen molar-refractivity contribution in [3.05, 3.63) is 11.5 Å². The van der Waals surface area contributed by atoms with E-state index in [1.165, 1.54) is 24.4 Å². The van der Waals surface area contributed by atoms with Crippen molar-refractivity contribution in [2.24, 2.45) is 0 Å². The van der Waals surface area contributed by atoms with Crippen LogP contribution >= 0.6 is 11.5 Å². The molecule has 0 radical (unpaired) electrons. The SMILES string of the molecule is Cc1nc(C2CC2)nc2snc(O)c12. The molecule has 0 unspecified atom stereocenters. The normalized spacial score (nSPS) is 16.4. The lowest BCUT2D eigenvalue weighted by atomic mass is 10.3. The molecular weight excluding hydrogens is 198 g/mol. The highest BCUT2D eigenvalue weighted by atomic mass is 32.1. The zero-order valence-corrected chi connectivity index (χ0v) is 8.51. The summed E-state index contributed by atoms with van der Waals surface area (Å²) in [6, 6.07) is 0. The van der Waals surface area contributed by atoms with Crippen LogP contribution in [0.2, 0.25) is 0 Å². The molecule has 14 heavy (non-hydrogen) atoms. The molecule has 1 saturated carbocycles. The third-order valence-corrected chi connectivity index (χ3v) is 3.19. The van der Waals surface area contributed by atoms with Crippen LogP contribution in [-0.4, -0.2) is 19.4 Å². The number of hydrogen-bond acceptors (Lipinski definition) is 5. The van der Waals surface area contributed by atoms with Gasteiger partial charge < -0.3 is 5.11 Å². The van der Waals surface area contributed by atoms with Gasteiger partial charge in [0, 0.05) is 5.92 Å². The minimum absolute atomic E-state index is 0.0600. The van der Waals surface area contributed by atoms with Gasteiger partial charge >= 0.3 is 0 Å². The molecule has 0 saturated heterocycles. The van der Waals surface area contributed by atoms with Gasteiger partial charge in [-0.2, -0.15) is 4.37 Å². The largest absolute Gasteiger partial charge is 0.492 e. The molecule has 0 amide bonds. The van der Waals surface area contributed by atoms with Gasteiger partial charge in [0.1, 0.15) is 5.82 Å². The van der Waals surface area contributed by atoms with Crippen LogP contribution in [0.15, 0.2) is 0 Å². The zero-order chi connectivity index (χ0) is 9.71. The Morgan fingerprint density at radius 3 is 2.86 bits per heavy atom. The van der Waals surface area contributed by atoms with E-state index in [2.05, 4.69) is 14.3 Å². The molecule has 2 aromatic heterocycles.